The van der Waals surface area contributed by atoms with Crippen LogP contribution in [0.15, 0.2) is 23.1 Å². The zero-order chi connectivity index (χ0) is 13.3. The highest BCUT2D eigenvalue weighted by Crippen LogP contribution is 2.26. The molecular weight excluding hydrogens is 278 g/mol. The largest absolute Gasteiger partial charge is 0.383 e. The van der Waals surface area contributed by atoms with Gasteiger partial charge in [0.05, 0.1) is 11.5 Å². The Hall–Kier alpha value is -1.11. The minimum Gasteiger partial charge on any atom is -0.383 e. The summed E-state index contributed by atoms with van der Waals surface area (Å²) >= 11 is 0. The third-order valence-electron chi connectivity index (χ3n) is 2.81. The Balaban J connectivity index is 2.30. The Morgan fingerprint density at radius 3 is 2.78 bits per heavy atom. The van der Waals surface area contributed by atoms with Crippen LogP contribution in [0.25, 0.3) is 0 Å². The van der Waals surface area contributed by atoms with Crippen molar-refractivity contribution >= 4 is 25.6 Å². The van der Waals surface area contributed by atoms with Crippen LogP contribution in [0.3, 0.4) is 0 Å². The number of benzene rings is 1. The average Bonchev–Trinajstić information content (AvgIpc) is 2.62. The Kier molecular flexibility index (Phi) is 3.61. The fraction of sp³-hybridized carbons (Fsp3) is 0.364. The van der Waals surface area contributed by atoms with E-state index in [1.165, 1.54) is 12.1 Å². The predicted octanol–water partition coefficient (Wildman–Crippen LogP) is 1.22. The van der Waals surface area contributed by atoms with Gasteiger partial charge in [-0.1, -0.05) is 6.07 Å². The summed E-state index contributed by atoms with van der Waals surface area (Å²) in [7, 11) is 3.01. The number of hydrogen-bond acceptors (Lipinski definition) is 4. The number of carbonyl (C=O) groups excluding carboxylic acids is 1. The van der Waals surface area contributed by atoms with Crippen LogP contribution >= 0.6 is 10.7 Å². The molecule has 18 heavy (non-hydrogen) atoms. The molecule has 5 nitrogen and oxygen atoms in total. The van der Waals surface area contributed by atoms with E-state index in [-0.39, 0.29) is 10.8 Å². The molecule has 0 spiro atoms. The molecule has 0 aromatic heterocycles. The van der Waals surface area contributed by atoms with Crippen molar-refractivity contribution in [1.29, 1.82) is 0 Å². The van der Waals surface area contributed by atoms with Crippen LogP contribution in [0.5, 0.6) is 0 Å². The van der Waals surface area contributed by atoms with Crippen molar-refractivity contribution in [2.45, 2.75) is 11.4 Å². The third kappa shape index (κ3) is 2.50. The molecule has 0 bridgehead atoms. The first-order valence-corrected chi connectivity index (χ1v) is 7.60. The Morgan fingerprint density at radius 2 is 2.17 bits per heavy atom. The molecule has 1 amide bonds. The van der Waals surface area contributed by atoms with E-state index in [0.717, 1.165) is 5.56 Å². The maximum atomic E-state index is 12.0. The topological polar surface area (TPSA) is 63.7 Å². The first-order chi connectivity index (χ1) is 8.43. The predicted molar refractivity (Wildman–Crippen MR) is 66.1 cm³/mol. The van der Waals surface area contributed by atoms with Crippen LogP contribution in [0.4, 0.5) is 0 Å². The number of rotatable bonds is 4. The lowest BCUT2D eigenvalue weighted by atomic mass is 10.1. The van der Waals surface area contributed by atoms with Gasteiger partial charge in [0.25, 0.3) is 15.0 Å². The molecule has 1 aromatic rings. The van der Waals surface area contributed by atoms with Crippen LogP contribution < -0.4 is 0 Å². The molecule has 0 unspecified atom stereocenters. The Morgan fingerprint density at radius 1 is 1.44 bits per heavy atom. The number of fused-ring (bicyclic) bond motifs is 1. The maximum absolute atomic E-state index is 12.0. The summed E-state index contributed by atoms with van der Waals surface area (Å²) in [5.74, 6) is -0.191. The molecule has 1 aliphatic rings. The Labute approximate surface area is 110 Å². The van der Waals surface area contributed by atoms with Gasteiger partial charge in [0.1, 0.15) is 0 Å². The van der Waals surface area contributed by atoms with E-state index in [2.05, 4.69) is 0 Å². The van der Waals surface area contributed by atoms with Gasteiger partial charge in [-0.2, -0.15) is 0 Å². The number of hydrogen-bond donors (Lipinski definition) is 0. The van der Waals surface area contributed by atoms with Crippen LogP contribution in [-0.4, -0.2) is 39.5 Å². The second-order valence-corrected chi connectivity index (χ2v) is 6.54. The molecule has 0 saturated carbocycles. The van der Waals surface area contributed by atoms with E-state index in [9.17, 15) is 13.2 Å². The highest BCUT2D eigenvalue weighted by atomic mass is 35.7. The average molecular weight is 290 g/mol. The van der Waals surface area contributed by atoms with Gasteiger partial charge in [-0.3, -0.25) is 4.79 Å². The maximum Gasteiger partial charge on any atom is 0.261 e. The van der Waals surface area contributed by atoms with Crippen molar-refractivity contribution in [3.05, 3.63) is 29.3 Å². The van der Waals surface area contributed by atoms with E-state index in [1.807, 2.05) is 0 Å². The molecule has 1 heterocycles. The van der Waals surface area contributed by atoms with Crippen molar-refractivity contribution in [3.8, 4) is 0 Å². The zero-order valence-corrected chi connectivity index (χ0v) is 11.3. The number of halogens is 1. The summed E-state index contributed by atoms with van der Waals surface area (Å²) in [6, 6.07) is 4.36. The summed E-state index contributed by atoms with van der Waals surface area (Å²) in [4.78, 5) is 13.6. The number of carbonyl (C=O) groups is 1. The first-order valence-electron chi connectivity index (χ1n) is 5.29. The minimum absolute atomic E-state index is 0.0511. The van der Waals surface area contributed by atoms with Gasteiger partial charge in [0.2, 0.25) is 0 Å². The summed E-state index contributed by atoms with van der Waals surface area (Å²) in [6.45, 7) is 1.40. The lowest BCUT2D eigenvalue weighted by Gasteiger charge is -2.14. The van der Waals surface area contributed by atoms with E-state index in [0.29, 0.717) is 25.3 Å². The smallest absolute Gasteiger partial charge is 0.261 e. The fourth-order valence-electron chi connectivity index (χ4n) is 1.87. The van der Waals surface area contributed by atoms with Crippen molar-refractivity contribution in [1.82, 2.24) is 4.90 Å². The van der Waals surface area contributed by atoms with Gasteiger partial charge >= 0.3 is 0 Å². The molecular formula is C11H12ClNO4S. The quantitative estimate of drug-likeness (QED) is 0.782. The molecule has 1 aliphatic heterocycles. The Bertz CT molecular complexity index is 585. The molecule has 0 N–H and O–H groups in total. The lowest BCUT2D eigenvalue weighted by Crippen LogP contribution is -2.27. The number of nitrogens with zero attached hydrogens (tertiary/aromatic N) is 1. The van der Waals surface area contributed by atoms with E-state index < -0.39 is 9.05 Å². The standard InChI is InChI=1S/C11H12ClNO4S/c1-17-5-4-13-7-8-2-3-9(18(12,15)16)6-10(8)11(13)14/h2-3,6H,4-5,7H2,1H3. The highest BCUT2D eigenvalue weighted by molar-refractivity contribution is 8.13. The lowest BCUT2D eigenvalue weighted by molar-refractivity contribution is 0.0719. The van der Waals surface area contributed by atoms with Crippen molar-refractivity contribution in [3.63, 3.8) is 0 Å². The number of ether oxygens (including phenoxy) is 1. The highest BCUT2D eigenvalue weighted by Gasteiger charge is 2.28. The molecule has 1 aromatic carbocycles. The molecule has 98 valence electrons. The van der Waals surface area contributed by atoms with E-state index >= 15 is 0 Å². The first kappa shape index (κ1) is 13.3. The van der Waals surface area contributed by atoms with Gasteiger partial charge in [0.15, 0.2) is 0 Å². The van der Waals surface area contributed by atoms with Gasteiger partial charge in [-0.25, -0.2) is 8.42 Å². The fourth-order valence-corrected chi connectivity index (χ4v) is 2.65. The van der Waals surface area contributed by atoms with Crippen LogP contribution in [0.1, 0.15) is 15.9 Å². The SMILES string of the molecule is COCCN1Cc2ccc(S(=O)(=O)Cl)cc2C1=O. The summed E-state index contributed by atoms with van der Waals surface area (Å²) in [5.41, 5.74) is 1.20. The van der Waals surface area contributed by atoms with Crippen LogP contribution in [0.2, 0.25) is 0 Å². The number of methoxy groups -OCH3 is 1. The zero-order valence-electron chi connectivity index (χ0n) is 9.72. The summed E-state index contributed by atoms with van der Waals surface area (Å²) in [6.07, 6.45) is 0. The second-order valence-electron chi connectivity index (χ2n) is 3.98. The van der Waals surface area contributed by atoms with Gasteiger partial charge in [-0.05, 0) is 17.7 Å². The van der Waals surface area contributed by atoms with E-state index in [4.69, 9.17) is 15.4 Å². The van der Waals surface area contributed by atoms with Gasteiger partial charge in [-0.15, -0.1) is 0 Å². The molecule has 0 fully saturated rings. The summed E-state index contributed by atoms with van der Waals surface area (Å²) in [5, 5.41) is 0. The van der Waals surface area contributed by atoms with Crippen molar-refractivity contribution < 1.29 is 17.9 Å². The van der Waals surface area contributed by atoms with Crippen molar-refractivity contribution in [2.24, 2.45) is 0 Å². The minimum atomic E-state index is -3.81. The molecule has 0 radical (unpaired) electrons. The molecule has 2 rings (SSSR count). The van der Waals surface area contributed by atoms with Crippen LogP contribution in [-0.2, 0) is 20.3 Å². The summed E-state index contributed by atoms with van der Waals surface area (Å²) < 4.78 is 27.3. The monoisotopic (exact) mass is 289 g/mol. The van der Waals surface area contributed by atoms with Crippen LogP contribution in [0, 0.1) is 0 Å². The molecule has 0 aliphatic carbocycles. The van der Waals surface area contributed by atoms with Crippen molar-refractivity contribution in [2.75, 3.05) is 20.3 Å². The van der Waals surface area contributed by atoms with E-state index in [1.54, 1.807) is 18.1 Å². The van der Waals surface area contributed by atoms with Gasteiger partial charge in [0, 0.05) is 36.4 Å². The molecule has 0 atom stereocenters. The van der Waals surface area contributed by atoms with Gasteiger partial charge < -0.3 is 9.64 Å². The number of amides is 1. The molecule has 7 heteroatoms. The molecule has 0 saturated heterocycles. The second kappa shape index (κ2) is 4.87. The normalized spacial score (nSPS) is 15.0. The third-order valence-corrected chi connectivity index (χ3v) is 4.16.